The van der Waals surface area contributed by atoms with E-state index in [-0.39, 0.29) is 108 Å². The van der Waals surface area contributed by atoms with Crippen LogP contribution in [0.15, 0.2) is 0 Å². The number of likely N-dealkylation sites (N-methyl/N-ethyl adjacent to an activating group) is 1. The van der Waals surface area contributed by atoms with Gasteiger partial charge in [-0.05, 0) is 44.1 Å². The minimum absolute atomic E-state index is 0. The maximum Gasteiger partial charge on any atom is 1.00 e. The first-order valence-electron chi connectivity index (χ1n) is 7.63. The number of rotatable bonds is 7. The van der Waals surface area contributed by atoms with Gasteiger partial charge in [0.05, 0.1) is 5.97 Å². The van der Waals surface area contributed by atoms with Crippen LogP contribution in [-0.4, -0.2) is 54.3 Å². The van der Waals surface area contributed by atoms with Crippen LogP contribution in [0.5, 0.6) is 0 Å². The van der Waals surface area contributed by atoms with Crippen molar-refractivity contribution in [3.63, 3.8) is 0 Å². The number of hydrogen-bond acceptors (Lipinski definition) is 8. The van der Waals surface area contributed by atoms with Gasteiger partial charge in [-0.15, -0.1) is 0 Å². The maximum absolute atomic E-state index is 10.6. The van der Waals surface area contributed by atoms with Crippen molar-refractivity contribution in [1.29, 1.82) is 0 Å². The molecule has 1 rings (SSSR count). The van der Waals surface area contributed by atoms with Crippen molar-refractivity contribution < 1.29 is 118 Å². The number of carbonyl (C=O) groups excluding carboxylic acids is 5. The Kier molecular flexibility index (Phi) is 38.9. The molecule has 0 aliphatic heterocycles. The van der Waals surface area contributed by atoms with Crippen molar-refractivity contribution in [1.82, 2.24) is 9.80 Å². The summed E-state index contributed by atoms with van der Waals surface area (Å²) in [5.74, 6) is 0.353. The quantitative estimate of drug-likeness (QED) is 0.300. The fraction of sp³-hybridized carbons (Fsp3) is 0.688. The van der Waals surface area contributed by atoms with Gasteiger partial charge in [0, 0.05) is 13.1 Å². The monoisotopic (exact) mass is 410 g/mol. The molecule has 0 saturated heterocycles. The van der Waals surface area contributed by atoms with Crippen LogP contribution >= 0.6 is 0 Å². The fourth-order valence-corrected chi connectivity index (χ4v) is 2.81. The van der Waals surface area contributed by atoms with Crippen LogP contribution in [0.2, 0.25) is 0 Å². The Morgan fingerprint density at radius 2 is 1.26 bits per heavy atom. The molecule has 0 heterocycles. The van der Waals surface area contributed by atoms with Gasteiger partial charge in [-0.1, -0.05) is 13.5 Å². The van der Waals surface area contributed by atoms with Crippen molar-refractivity contribution in [2.75, 3.05) is 26.2 Å². The zero-order valence-electron chi connectivity index (χ0n) is 17.1. The van der Waals surface area contributed by atoms with Gasteiger partial charge >= 0.3 is 101 Å². The van der Waals surface area contributed by atoms with E-state index >= 15 is 0 Å². The Balaban J connectivity index is -0.000000159. The van der Waals surface area contributed by atoms with E-state index in [0.717, 1.165) is 19.6 Å². The van der Waals surface area contributed by atoms with Gasteiger partial charge in [0.25, 0.3) is 0 Å². The molecule has 0 spiro atoms. The van der Waals surface area contributed by atoms with Crippen molar-refractivity contribution in [3.8, 4) is 0 Å². The minimum Gasteiger partial charge on any atom is -0.610 e. The van der Waals surface area contributed by atoms with Crippen molar-refractivity contribution in [2.45, 2.75) is 32.6 Å². The molecule has 0 aromatic heterocycles. The Morgan fingerprint density at radius 1 is 0.926 bits per heavy atom. The molecule has 27 heavy (non-hydrogen) atoms. The summed E-state index contributed by atoms with van der Waals surface area (Å²) in [6.07, 6.45) is 5.27. The van der Waals surface area contributed by atoms with Gasteiger partial charge in [0.15, 0.2) is 0 Å². The number of hydrogen-bond donors (Lipinski definition) is 0. The average molecular weight is 410 g/mol. The summed E-state index contributed by atoms with van der Waals surface area (Å²) in [5.41, 5.74) is 0. The third kappa shape index (κ3) is 27.1. The topological polar surface area (TPSA) is 115 Å². The molecule has 0 bridgehead atoms. The summed E-state index contributed by atoms with van der Waals surface area (Å²) in [4.78, 5) is 46.8. The molecule has 1 aliphatic rings. The summed E-state index contributed by atoms with van der Waals surface area (Å²) in [6, 6.07) is 0. The van der Waals surface area contributed by atoms with Crippen LogP contribution < -0.4 is 93.8 Å². The zero-order chi connectivity index (χ0) is 19.0. The molecular weight excluding hydrogens is 385 g/mol. The molecule has 1 fully saturated rings. The van der Waals surface area contributed by atoms with E-state index in [0.29, 0.717) is 11.8 Å². The predicted molar refractivity (Wildman–Crippen MR) is 80.0 cm³/mol. The van der Waals surface area contributed by atoms with E-state index < -0.39 is 5.97 Å². The first-order valence-corrected chi connectivity index (χ1v) is 7.63. The minimum atomic E-state index is -0.977. The largest absolute Gasteiger partial charge is 1.00 e. The maximum atomic E-state index is 10.6. The number of carboxylic acid groups (broad SMARTS) is 1. The molecule has 0 amide bonds. The fourth-order valence-electron chi connectivity index (χ4n) is 2.81. The smallest absolute Gasteiger partial charge is 0.610 e. The van der Waals surface area contributed by atoms with E-state index in [2.05, 4.69) is 14.1 Å². The molecule has 0 radical (unpaired) electrons. The standard InChI is InChI=1S/C14H26N2O2.2CO2.3Na/c1-4-16(11-14(17)18)10-13-7-5-12(6-8-13)9-15(2)3;2*2-1-3;;;/h12-13H,2-11H2,1H3,(H,17,18);;;;;/q-2;;;3*+1/p-1. The SMILES string of the molecule is O=C=O.O=C=O.[CH2-]N([CH2-])CC1CCC(CN(CC)CC(=O)[O-])CC1.[Na+].[Na+].[Na+]. The number of nitrogens with zero attached hydrogens (tertiary/aromatic N) is 2. The Hall–Kier alpha value is 1.15. The number of aliphatic carboxylic acids is 1. The predicted octanol–water partition coefficient (Wildman–Crippen LogP) is -9.41. The van der Waals surface area contributed by atoms with Crippen molar-refractivity contribution >= 4 is 18.3 Å². The number of carboxylic acids is 1. The first-order chi connectivity index (χ1) is 11.3. The first kappa shape index (κ1) is 38.7. The van der Waals surface area contributed by atoms with Crippen LogP contribution in [0.1, 0.15) is 32.6 Å². The van der Waals surface area contributed by atoms with E-state index in [9.17, 15) is 9.90 Å². The molecule has 8 nitrogen and oxygen atoms in total. The second kappa shape index (κ2) is 27.1. The molecule has 1 aliphatic carbocycles. The van der Waals surface area contributed by atoms with Crippen LogP contribution in [0.3, 0.4) is 0 Å². The van der Waals surface area contributed by atoms with Crippen molar-refractivity contribution in [3.05, 3.63) is 14.1 Å². The molecule has 138 valence electrons. The molecule has 0 unspecified atom stereocenters. The van der Waals surface area contributed by atoms with E-state index in [1.165, 1.54) is 25.7 Å². The third-order valence-corrected chi connectivity index (χ3v) is 3.80. The molecule has 0 aromatic carbocycles. The normalized spacial score (nSPS) is 17.1. The summed E-state index contributed by atoms with van der Waals surface area (Å²) < 4.78 is 0. The van der Waals surface area contributed by atoms with Crippen LogP contribution in [-0.2, 0) is 24.0 Å². The van der Waals surface area contributed by atoms with Gasteiger partial charge in [-0.2, -0.15) is 19.2 Å². The van der Waals surface area contributed by atoms with Gasteiger partial charge in [-0.25, -0.2) is 0 Å². The summed E-state index contributed by atoms with van der Waals surface area (Å²) in [5, 5.41) is 10.6. The van der Waals surface area contributed by atoms with Crippen LogP contribution in [0, 0.1) is 25.9 Å². The van der Waals surface area contributed by atoms with Crippen LogP contribution in [0.4, 0.5) is 0 Å². The molecule has 0 aromatic rings. The molecular formula is C16H25N2Na3O6. The van der Waals surface area contributed by atoms with E-state index in [4.69, 9.17) is 19.2 Å². The Labute approximate surface area is 228 Å². The summed E-state index contributed by atoms with van der Waals surface area (Å²) in [7, 11) is 7.58. The van der Waals surface area contributed by atoms with E-state index in [1.54, 1.807) is 4.90 Å². The summed E-state index contributed by atoms with van der Waals surface area (Å²) in [6.45, 7) is 4.68. The second-order valence-corrected chi connectivity index (χ2v) is 5.61. The molecule has 0 atom stereocenters. The third-order valence-electron chi connectivity index (χ3n) is 3.80. The number of carbonyl (C=O) groups is 1. The molecule has 11 heteroatoms. The van der Waals surface area contributed by atoms with Crippen LogP contribution in [0.25, 0.3) is 0 Å². The van der Waals surface area contributed by atoms with Crippen molar-refractivity contribution in [2.24, 2.45) is 11.8 Å². The molecule has 0 N–H and O–H groups in total. The van der Waals surface area contributed by atoms with Gasteiger partial charge < -0.3 is 28.9 Å². The van der Waals surface area contributed by atoms with E-state index in [1.807, 2.05) is 11.8 Å². The second-order valence-electron chi connectivity index (χ2n) is 5.61. The zero-order valence-corrected chi connectivity index (χ0v) is 23.1. The van der Waals surface area contributed by atoms with Gasteiger partial charge in [0.2, 0.25) is 0 Å². The Bertz CT molecular complexity index is 395. The molecule has 1 saturated carbocycles. The van der Waals surface area contributed by atoms with Gasteiger partial charge in [-0.3, -0.25) is 4.90 Å². The van der Waals surface area contributed by atoms with Gasteiger partial charge in [0.1, 0.15) is 0 Å². The summed E-state index contributed by atoms with van der Waals surface area (Å²) >= 11 is 0. The Morgan fingerprint density at radius 3 is 1.52 bits per heavy atom. The average Bonchev–Trinajstić information content (AvgIpc) is 2.49.